The molecule has 0 heterocycles. The fraction of sp³-hybridized carbons (Fsp3) is 1.00. The molecule has 0 spiro atoms. The zero-order valence-corrected chi connectivity index (χ0v) is 8.08. The van der Waals surface area contributed by atoms with Crippen molar-refractivity contribution in [2.45, 2.75) is 45.6 Å². The van der Waals surface area contributed by atoms with Crippen LogP contribution in [0.1, 0.15) is 39.5 Å². The molecule has 0 saturated heterocycles. The van der Waals surface area contributed by atoms with Crippen LogP contribution < -0.4 is 0 Å². The first-order valence-corrected chi connectivity index (χ1v) is 4.91. The Morgan fingerprint density at radius 2 is 1.75 bits per heavy atom. The highest BCUT2D eigenvalue weighted by Gasteiger charge is 2.41. The molecule has 1 atom stereocenters. The topological polar surface area (TPSA) is 40.5 Å². The van der Waals surface area contributed by atoms with Crippen molar-refractivity contribution >= 4 is 0 Å². The summed E-state index contributed by atoms with van der Waals surface area (Å²) in [5, 5.41) is 19.2. The lowest BCUT2D eigenvalue weighted by atomic mass is 9.76. The predicted octanol–water partition coefficient (Wildman–Crippen LogP) is 1.56. The van der Waals surface area contributed by atoms with E-state index in [2.05, 4.69) is 0 Å². The van der Waals surface area contributed by atoms with Gasteiger partial charge in [-0.3, -0.25) is 0 Å². The molecule has 1 rings (SSSR count). The molecule has 0 aromatic carbocycles. The molecule has 2 nitrogen and oxygen atoms in total. The summed E-state index contributed by atoms with van der Waals surface area (Å²) in [7, 11) is 0. The summed E-state index contributed by atoms with van der Waals surface area (Å²) in [6.07, 6.45) is 3.96. The lowest BCUT2D eigenvalue weighted by Crippen LogP contribution is -2.39. The quantitative estimate of drug-likeness (QED) is 0.678. The molecule has 0 aliphatic heterocycles. The summed E-state index contributed by atoms with van der Waals surface area (Å²) < 4.78 is 0. The normalized spacial score (nSPS) is 24.8. The Labute approximate surface area is 74.6 Å². The van der Waals surface area contributed by atoms with Crippen molar-refractivity contribution in [3.05, 3.63) is 0 Å². The van der Waals surface area contributed by atoms with Crippen molar-refractivity contribution < 1.29 is 10.2 Å². The van der Waals surface area contributed by atoms with E-state index in [1.54, 1.807) is 0 Å². The second-order valence-corrected chi connectivity index (χ2v) is 4.42. The van der Waals surface area contributed by atoms with Crippen LogP contribution in [0.5, 0.6) is 0 Å². The first-order chi connectivity index (χ1) is 5.62. The molecule has 0 amide bonds. The van der Waals surface area contributed by atoms with Gasteiger partial charge in [0.1, 0.15) is 0 Å². The van der Waals surface area contributed by atoms with Gasteiger partial charge >= 0.3 is 0 Å². The predicted molar refractivity (Wildman–Crippen MR) is 48.8 cm³/mol. The number of hydrogen-bond donors (Lipinski definition) is 2. The molecule has 1 aliphatic carbocycles. The van der Waals surface area contributed by atoms with Gasteiger partial charge in [-0.25, -0.2) is 0 Å². The minimum atomic E-state index is -0.329. The van der Waals surface area contributed by atoms with Gasteiger partial charge in [0, 0.05) is 5.41 Å². The summed E-state index contributed by atoms with van der Waals surface area (Å²) in [6.45, 7) is 4.17. The second kappa shape index (κ2) is 3.75. The molecule has 0 radical (unpaired) electrons. The number of hydrogen-bond acceptors (Lipinski definition) is 2. The van der Waals surface area contributed by atoms with Crippen LogP contribution in [0.15, 0.2) is 0 Å². The Kier molecular flexibility index (Phi) is 3.13. The largest absolute Gasteiger partial charge is 0.396 e. The molecule has 0 aromatic rings. The van der Waals surface area contributed by atoms with E-state index >= 15 is 0 Å². The molecular formula is C10H20O2. The minimum absolute atomic E-state index is 0.145. The van der Waals surface area contributed by atoms with E-state index in [9.17, 15) is 10.2 Å². The van der Waals surface area contributed by atoms with Crippen molar-refractivity contribution in [3.8, 4) is 0 Å². The molecule has 0 aromatic heterocycles. The third-order valence-corrected chi connectivity index (χ3v) is 3.17. The number of aliphatic hydroxyl groups excluding tert-OH is 2. The zero-order chi connectivity index (χ0) is 9.19. The Hall–Kier alpha value is -0.0800. The van der Waals surface area contributed by atoms with Crippen LogP contribution >= 0.6 is 0 Å². The average Bonchev–Trinajstić information content (AvgIpc) is 2.52. The number of rotatable bonds is 3. The maximum absolute atomic E-state index is 9.92. The Bertz CT molecular complexity index is 137. The van der Waals surface area contributed by atoms with Gasteiger partial charge in [0.2, 0.25) is 0 Å². The summed E-state index contributed by atoms with van der Waals surface area (Å²) >= 11 is 0. The minimum Gasteiger partial charge on any atom is -0.396 e. The van der Waals surface area contributed by atoms with Gasteiger partial charge in [0.05, 0.1) is 12.7 Å². The summed E-state index contributed by atoms with van der Waals surface area (Å²) in [6, 6.07) is 0. The zero-order valence-electron chi connectivity index (χ0n) is 8.08. The fourth-order valence-electron chi connectivity index (χ4n) is 2.33. The van der Waals surface area contributed by atoms with Crippen LogP contribution in [0, 0.1) is 11.3 Å². The fourth-order valence-corrected chi connectivity index (χ4v) is 2.33. The van der Waals surface area contributed by atoms with Gasteiger partial charge in [-0.05, 0) is 18.8 Å². The molecule has 1 aliphatic rings. The summed E-state index contributed by atoms with van der Waals surface area (Å²) in [5.74, 6) is 0.259. The van der Waals surface area contributed by atoms with E-state index in [0.717, 1.165) is 25.7 Å². The van der Waals surface area contributed by atoms with Crippen molar-refractivity contribution in [1.29, 1.82) is 0 Å². The third-order valence-electron chi connectivity index (χ3n) is 3.17. The van der Waals surface area contributed by atoms with E-state index in [-0.39, 0.29) is 24.0 Å². The first-order valence-electron chi connectivity index (χ1n) is 4.91. The standard InChI is InChI=1S/C10H20O2/c1-8(2)9(12)10(7-11)5-3-4-6-10/h8-9,11-12H,3-7H2,1-2H3/t9-/m0/s1. The van der Waals surface area contributed by atoms with Gasteiger partial charge in [-0.15, -0.1) is 0 Å². The summed E-state index contributed by atoms with van der Waals surface area (Å²) in [5.41, 5.74) is -0.172. The lowest BCUT2D eigenvalue weighted by molar-refractivity contribution is -0.0395. The molecule has 12 heavy (non-hydrogen) atoms. The molecule has 72 valence electrons. The van der Waals surface area contributed by atoms with Gasteiger partial charge in [0.25, 0.3) is 0 Å². The van der Waals surface area contributed by atoms with Gasteiger partial charge in [-0.2, -0.15) is 0 Å². The molecule has 0 bridgehead atoms. The highest BCUT2D eigenvalue weighted by molar-refractivity contribution is 4.91. The highest BCUT2D eigenvalue weighted by atomic mass is 16.3. The van der Waals surface area contributed by atoms with Crippen molar-refractivity contribution in [2.75, 3.05) is 6.61 Å². The smallest absolute Gasteiger partial charge is 0.0641 e. The summed E-state index contributed by atoms with van der Waals surface area (Å²) in [4.78, 5) is 0. The Morgan fingerprint density at radius 1 is 1.25 bits per heavy atom. The van der Waals surface area contributed by atoms with E-state index < -0.39 is 0 Å². The van der Waals surface area contributed by atoms with Crippen LogP contribution in [0.3, 0.4) is 0 Å². The SMILES string of the molecule is CC(C)[C@H](O)C1(CO)CCCC1. The van der Waals surface area contributed by atoms with E-state index in [1.165, 1.54) is 0 Å². The molecule has 2 N–H and O–H groups in total. The van der Waals surface area contributed by atoms with Gasteiger partial charge < -0.3 is 10.2 Å². The molecule has 1 saturated carbocycles. The molecular weight excluding hydrogens is 152 g/mol. The maximum atomic E-state index is 9.92. The number of aliphatic hydroxyl groups is 2. The Morgan fingerprint density at radius 3 is 2.08 bits per heavy atom. The average molecular weight is 172 g/mol. The molecule has 2 heteroatoms. The van der Waals surface area contributed by atoms with Crippen molar-refractivity contribution in [2.24, 2.45) is 11.3 Å². The lowest BCUT2D eigenvalue weighted by Gasteiger charge is -2.34. The monoisotopic (exact) mass is 172 g/mol. The maximum Gasteiger partial charge on any atom is 0.0641 e. The van der Waals surface area contributed by atoms with E-state index in [4.69, 9.17) is 0 Å². The third kappa shape index (κ3) is 1.64. The van der Waals surface area contributed by atoms with Crippen molar-refractivity contribution in [3.63, 3.8) is 0 Å². The van der Waals surface area contributed by atoms with Crippen LogP contribution in [0.2, 0.25) is 0 Å². The second-order valence-electron chi connectivity index (χ2n) is 4.42. The first kappa shape index (κ1) is 10.0. The van der Waals surface area contributed by atoms with Crippen LogP contribution in [-0.2, 0) is 0 Å². The van der Waals surface area contributed by atoms with E-state index in [1.807, 2.05) is 13.8 Å². The van der Waals surface area contributed by atoms with E-state index in [0.29, 0.717) is 0 Å². The van der Waals surface area contributed by atoms with Crippen LogP contribution in [0.4, 0.5) is 0 Å². The Balaban J connectivity index is 2.65. The van der Waals surface area contributed by atoms with Gasteiger partial charge in [0.15, 0.2) is 0 Å². The molecule has 1 fully saturated rings. The van der Waals surface area contributed by atoms with Crippen molar-refractivity contribution in [1.82, 2.24) is 0 Å². The van der Waals surface area contributed by atoms with Gasteiger partial charge in [-0.1, -0.05) is 26.7 Å². The van der Waals surface area contributed by atoms with Crippen LogP contribution in [-0.4, -0.2) is 22.9 Å². The molecule has 0 unspecified atom stereocenters. The highest BCUT2D eigenvalue weighted by Crippen LogP contribution is 2.42. The van der Waals surface area contributed by atoms with Crippen LogP contribution in [0.25, 0.3) is 0 Å².